The van der Waals surface area contributed by atoms with Gasteiger partial charge in [-0.3, -0.25) is 4.68 Å². The van der Waals surface area contributed by atoms with Crippen molar-refractivity contribution in [3.8, 4) is 0 Å². The molecule has 96 valence electrons. The number of hydrogen-bond acceptors (Lipinski definition) is 3. The second-order valence-corrected chi connectivity index (χ2v) is 5.21. The molecule has 1 atom stereocenters. The fourth-order valence-electron chi connectivity index (χ4n) is 2.56. The molecule has 2 rings (SSSR count). The highest BCUT2D eigenvalue weighted by Gasteiger charge is 2.16. The first kappa shape index (κ1) is 12.6. The van der Waals surface area contributed by atoms with Crippen molar-refractivity contribution in [1.29, 1.82) is 0 Å². The Morgan fingerprint density at radius 1 is 1.47 bits per heavy atom. The van der Waals surface area contributed by atoms with Gasteiger partial charge in [0.05, 0.1) is 5.69 Å². The molecule has 1 saturated heterocycles. The van der Waals surface area contributed by atoms with Gasteiger partial charge >= 0.3 is 0 Å². The molecule has 2 heterocycles. The van der Waals surface area contributed by atoms with Gasteiger partial charge in [-0.1, -0.05) is 0 Å². The standard InChI is InChI=1S/C13H24N4/c1-16-8-3-4-12(11-16)10-14-7-5-13-6-9-17(2)15-13/h6,9,12,14H,3-5,7-8,10-11H2,1-2H3. The van der Waals surface area contributed by atoms with Crippen LogP contribution in [-0.2, 0) is 13.5 Å². The van der Waals surface area contributed by atoms with Crippen LogP contribution in [0.5, 0.6) is 0 Å². The summed E-state index contributed by atoms with van der Waals surface area (Å²) in [4.78, 5) is 2.44. The van der Waals surface area contributed by atoms with E-state index in [9.17, 15) is 0 Å². The fraction of sp³-hybridized carbons (Fsp3) is 0.769. The number of rotatable bonds is 5. The van der Waals surface area contributed by atoms with Gasteiger partial charge in [0.1, 0.15) is 0 Å². The van der Waals surface area contributed by atoms with Crippen LogP contribution in [0.25, 0.3) is 0 Å². The smallest absolute Gasteiger partial charge is 0.0637 e. The van der Waals surface area contributed by atoms with E-state index in [0.29, 0.717) is 0 Å². The Hall–Kier alpha value is -0.870. The summed E-state index contributed by atoms with van der Waals surface area (Å²) in [6.07, 6.45) is 5.76. The zero-order valence-electron chi connectivity index (χ0n) is 11.0. The molecule has 1 unspecified atom stereocenters. The Bertz CT molecular complexity index is 334. The van der Waals surface area contributed by atoms with E-state index in [4.69, 9.17) is 0 Å². The third kappa shape index (κ3) is 4.13. The first-order chi connectivity index (χ1) is 8.24. The largest absolute Gasteiger partial charge is 0.316 e. The van der Waals surface area contributed by atoms with Gasteiger partial charge < -0.3 is 10.2 Å². The van der Waals surface area contributed by atoms with Crippen molar-refractivity contribution in [2.24, 2.45) is 13.0 Å². The molecule has 0 aromatic carbocycles. The van der Waals surface area contributed by atoms with Crippen LogP contribution in [0, 0.1) is 5.92 Å². The second-order valence-electron chi connectivity index (χ2n) is 5.21. The minimum atomic E-state index is 0.831. The van der Waals surface area contributed by atoms with Gasteiger partial charge in [-0.15, -0.1) is 0 Å². The van der Waals surface area contributed by atoms with Crippen LogP contribution in [-0.4, -0.2) is 47.9 Å². The molecule has 1 aliphatic heterocycles. The molecule has 1 N–H and O–H groups in total. The first-order valence-corrected chi connectivity index (χ1v) is 6.62. The molecule has 4 nitrogen and oxygen atoms in total. The predicted octanol–water partition coefficient (Wildman–Crippen LogP) is 0.894. The van der Waals surface area contributed by atoms with Crippen LogP contribution in [0.2, 0.25) is 0 Å². The molecule has 0 aliphatic carbocycles. The average Bonchev–Trinajstić information content (AvgIpc) is 2.71. The predicted molar refractivity (Wildman–Crippen MR) is 70.0 cm³/mol. The minimum Gasteiger partial charge on any atom is -0.316 e. The third-order valence-corrected chi connectivity index (χ3v) is 3.48. The van der Waals surface area contributed by atoms with Gasteiger partial charge in [0.2, 0.25) is 0 Å². The van der Waals surface area contributed by atoms with E-state index in [1.54, 1.807) is 0 Å². The number of aryl methyl sites for hydroxylation is 1. The van der Waals surface area contributed by atoms with Gasteiger partial charge in [-0.25, -0.2) is 0 Å². The molecule has 1 aliphatic rings. The molecule has 1 aromatic heterocycles. The molecular weight excluding hydrogens is 212 g/mol. The number of hydrogen-bond donors (Lipinski definition) is 1. The highest BCUT2D eigenvalue weighted by molar-refractivity contribution is 4.98. The maximum Gasteiger partial charge on any atom is 0.0637 e. The van der Waals surface area contributed by atoms with Crippen molar-refractivity contribution in [2.45, 2.75) is 19.3 Å². The lowest BCUT2D eigenvalue weighted by atomic mass is 9.98. The molecule has 0 saturated carbocycles. The molecule has 0 spiro atoms. The SMILES string of the molecule is CN1CCCC(CNCCc2ccn(C)n2)C1. The monoisotopic (exact) mass is 236 g/mol. The summed E-state index contributed by atoms with van der Waals surface area (Å²) >= 11 is 0. The molecule has 0 radical (unpaired) electrons. The number of piperidine rings is 1. The number of likely N-dealkylation sites (tertiary alicyclic amines) is 1. The van der Waals surface area contributed by atoms with E-state index in [0.717, 1.165) is 25.4 Å². The highest BCUT2D eigenvalue weighted by Crippen LogP contribution is 2.13. The summed E-state index contributed by atoms with van der Waals surface area (Å²) in [7, 11) is 4.19. The van der Waals surface area contributed by atoms with Crippen LogP contribution in [0.15, 0.2) is 12.3 Å². The highest BCUT2D eigenvalue weighted by atomic mass is 15.2. The lowest BCUT2D eigenvalue weighted by molar-refractivity contribution is 0.206. The summed E-state index contributed by atoms with van der Waals surface area (Å²) < 4.78 is 1.87. The number of nitrogens with zero attached hydrogens (tertiary/aromatic N) is 3. The third-order valence-electron chi connectivity index (χ3n) is 3.48. The summed E-state index contributed by atoms with van der Waals surface area (Å²) in [5.41, 5.74) is 1.18. The van der Waals surface area contributed by atoms with Crippen molar-refractivity contribution in [3.63, 3.8) is 0 Å². The van der Waals surface area contributed by atoms with E-state index in [1.807, 2.05) is 17.9 Å². The Morgan fingerprint density at radius 2 is 2.35 bits per heavy atom. The Labute approximate surface area is 104 Å². The fourth-order valence-corrected chi connectivity index (χ4v) is 2.56. The van der Waals surface area contributed by atoms with Gasteiger partial charge in [-0.2, -0.15) is 5.10 Å². The lowest BCUT2D eigenvalue weighted by Gasteiger charge is -2.29. The van der Waals surface area contributed by atoms with Crippen molar-refractivity contribution < 1.29 is 0 Å². The van der Waals surface area contributed by atoms with Crippen LogP contribution >= 0.6 is 0 Å². The zero-order valence-corrected chi connectivity index (χ0v) is 11.0. The zero-order chi connectivity index (χ0) is 12.1. The summed E-state index contributed by atoms with van der Waals surface area (Å²) in [5, 5.41) is 7.93. The normalized spacial score (nSPS) is 21.9. The Morgan fingerprint density at radius 3 is 3.06 bits per heavy atom. The maximum atomic E-state index is 4.38. The summed E-state index contributed by atoms with van der Waals surface area (Å²) in [6, 6.07) is 2.09. The lowest BCUT2D eigenvalue weighted by Crippen LogP contribution is -2.37. The number of aromatic nitrogens is 2. The summed E-state index contributed by atoms with van der Waals surface area (Å²) in [5.74, 6) is 0.831. The number of nitrogens with one attached hydrogen (secondary N) is 1. The van der Waals surface area contributed by atoms with Gasteiger partial charge in [0, 0.05) is 32.8 Å². The maximum absolute atomic E-state index is 4.38. The average molecular weight is 236 g/mol. The van der Waals surface area contributed by atoms with E-state index in [-0.39, 0.29) is 0 Å². The van der Waals surface area contributed by atoms with E-state index in [1.165, 1.54) is 31.6 Å². The molecule has 17 heavy (non-hydrogen) atoms. The van der Waals surface area contributed by atoms with E-state index in [2.05, 4.69) is 28.4 Å². The van der Waals surface area contributed by atoms with Gasteiger partial charge in [0.15, 0.2) is 0 Å². The van der Waals surface area contributed by atoms with Crippen LogP contribution in [0.4, 0.5) is 0 Å². The molecule has 0 amide bonds. The van der Waals surface area contributed by atoms with Crippen LogP contribution in [0.3, 0.4) is 0 Å². The first-order valence-electron chi connectivity index (χ1n) is 6.62. The van der Waals surface area contributed by atoms with Crippen molar-refractivity contribution in [2.75, 3.05) is 33.2 Å². The van der Waals surface area contributed by atoms with Crippen molar-refractivity contribution in [3.05, 3.63) is 18.0 Å². The van der Waals surface area contributed by atoms with E-state index < -0.39 is 0 Å². The molecule has 1 fully saturated rings. The topological polar surface area (TPSA) is 33.1 Å². The Kier molecular flexibility index (Phi) is 4.57. The minimum absolute atomic E-state index is 0.831. The second kappa shape index (κ2) is 6.17. The molecule has 1 aromatic rings. The van der Waals surface area contributed by atoms with Crippen molar-refractivity contribution in [1.82, 2.24) is 20.0 Å². The Balaban J connectivity index is 1.59. The molecular formula is C13H24N4. The van der Waals surface area contributed by atoms with Crippen LogP contribution in [0.1, 0.15) is 18.5 Å². The van der Waals surface area contributed by atoms with Gasteiger partial charge in [0.25, 0.3) is 0 Å². The van der Waals surface area contributed by atoms with Crippen molar-refractivity contribution >= 4 is 0 Å². The molecule has 0 bridgehead atoms. The molecule has 4 heteroatoms. The quantitative estimate of drug-likeness (QED) is 0.771. The summed E-state index contributed by atoms with van der Waals surface area (Å²) in [6.45, 7) is 4.70. The van der Waals surface area contributed by atoms with E-state index >= 15 is 0 Å². The van der Waals surface area contributed by atoms with Gasteiger partial charge in [-0.05, 0) is 45.0 Å². The van der Waals surface area contributed by atoms with Crippen LogP contribution < -0.4 is 5.32 Å².